The highest BCUT2D eigenvalue weighted by atomic mass is 79.9. The topological polar surface area (TPSA) is 78.8 Å². The molecule has 146 valence electrons. The van der Waals surface area contributed by atoms with Gasteiger partial charge in [-0.1, -0.05) is 53.5 Å². The van der Waals surface area contributed by atoms with E-state index in [1.54, 1.807) is 18.2 Å². The van der Waals surface area contributed by atoms with Gasteiger partial charge in [-0.2, -0.15) is 0 Å². The molecular weight excluding hydrogens is 434 g/mol. The zero-order chi connectivity index (χ0) is 20.0. The molecule has 0 radical (unpaired) electrons. The van der Waals surface area contributed by atoms with Gasteiger partial charge in [-0.15, -0.1) is 0 Å². The minimum absolute atomic E-state index is 0.117. The lowest BCUT2D eigenvalue weighted by molar-refractivity contribution is -0.123. The second kappa shape index (κ2) is 9.97. The summed E-state index contributed by atoms with van der Waals surface area (Å²) in [4.78, 5) is 11.6. The maximum absolute atomic E-state index is 11.6. The predicted octanol–water partition coefficient (Wildman–Crippen LogP) is 4.01. The normalized spacial score (nSPS) is 10.9. The van der Waals surface area contributed by atoms with E-state index in [0.29, 0.717) is 22.9 Å². The fourth-order valence-corrected chi connectivity index (χ4v) is 3.58. The number of phenolic OH excluding ortho intramolecular Hbond substituents is 1. The molecule has 0 unspecified atom stereocenters. The van der Waals surface area contributed by atoms with Crippen molar-refractivity contribution in [2.24, 2.45) is 0 Å². The number of aromatic hydroxyl groups is 1. The first-order valence-electron chi connectivity index (χ1n) is 8.62. The molecule has 2 rings (SSSR count). The second-order valence-corrected chi connectivity index (χ2v) is 7.71. The van der Waals surface area contributed by atoms with Crippen molar-refractivity contribution < 1.29 is 19.7 Å². The number of carbonyl (C=O) groups is 1. The van der Waals surface area contributed by atoms with Crippen LogP contribution in [-0.2, 0) is 11.2 Å². The highest BCUT2D eigenvalue weighted by Gasteiger charge is 2.13. The van der Waals surface area contributed by atoms with Crippen molar-refractivity contribution in [3.63, 3.8) is 0 Å². The second-order valence-electron chi connectivity index (χ2n) is 6.45. The fourth-order valence-electron chi connectivity index (χ4n) is 2.61. The van der Waals surface area contributed by atoms with Crippen LogP contribution in [0.5, 0.6) is 11.5 Å². The molecule has 7 heteroatoms. The molecule has 27 heavy (non-hydrogen) atoms. The van der Waals surface area contributed by atoms with Gasteiger partial charge >= 0.3 is 0 Å². The molecule has 5 nitrogen and oxygen atoms in total. The molecular formula is C20H23BrClNO4. The average molecular weight is 457 g/mol. The van der Waals surface area contributed by atoms with Crippen LogP contribution in [-0.4, -0.2) is 35.9 Å². The number of benzene rings is 2. The summed E-state index contributed by atoms with van der Waals surface area (Å²) in [5.74, 6) is 0.674. The van der Waals surface area contributed by atoms with Crippen molar-refractivity contribution in [1.82, 2.24) is 5.32 Å². The first-order valence-corrected chi connectivity index (χ1v) is 9.79. The quantitative estimate of drug-likeness (QED) is 0.561. The minimum Gasteiger partial charge on any atom is -0.508 e. The van der Waals surface area contributed by atoms with Gasteiger partial charge in [0.2, 0.25) is 0 Å². The first kappa shape index (κ1) is 21.5. The van der Waals surface area contributed by atoms with Crippen LogP contribution in [0, 0.1) is 0 Å². The summed E-state index contributed by atoms with van der Waals surface area (Å²) in [6.07, 6.45) is 0.594. The Kier molecular flexibility index (Phi) is 7.95. The van der Waals surface area contributed by atoms with Crippen LogP contribution in [0.15, 0.2) is 34.8 Å². The summed E-state index contributed by atoms with van der Waals surface area (Å²) in [7, 11) is 0. The molecule has 2 aromatic rings. The number of rotatable bonds is 8. The first-order chi connectivity index (χ1) is 12.8. The number of amides is 1. The van der Waals surface area contributed by atoms with E-state index < -0.39 is 0 Å². The maximum Gasteiger partial charge on any atom is 0.258 e. The van der Waals surface area contributed by atoms with Crippen LogP contribution in [0.2, 0.25) is 5.02 Å². The van der Waals surface area contributed by atoms with Crippen molar-refractivity contribution >= 4 is 33.4 Å². The number of hydrogen-bond acceptors (Lipinski definition) is 4. The van der Waals surface area contributed by atoms with Gasteiger partial charge in [0.1, 0.15) is 11.5 Å². The van der Waals surface area contributed by atoms with Crippen molar-refractivity contribution in [3.05, 3.63) is 56.5 Å². The Balaban J connectivity index is 2.13. The Hall–Kier alpha value is -1.76. The molecule has 2 aromatic carbocycles. The summed E-state index contributed by atoms with van der Waals surface area (Å²) in [5.41, 5.74) is 2.83. The van der Waals surface area contributed by atoms with Crippen LogP contribution >= 0.6 is 27.5 Å². The Labute approximate surface area is 172 Å². The zero-order valence-electron chi connectivity index (χ0n) is 15.3. The van der Waals surface area contributed by atoms with Crippen LogP contribution in [0.3, 0.4) is 0 Å². The zero-order valence-corrected chi connectivity index (χ0v) is 17.6. The molecule has 0 aliphatic carbocycles. The monoisotopic (exact) mass is 455 g/mol. The molecule has 0 heterocycles. The summed E-state index contributed by atoms with van der Waals surface area (Å²) in [6, 6.07) is 9.00. The van der Waals surface area contributed by atoms with E-state index >= 15 is 0 Å². The highest BCUT2D eigenvalue weighted by molar-refractivity contribution is 9.10. The number of nitrogens with one attached hydrogen (secondary N) is 1. The van der Waals surface area contributed by atoms with Crippen molar-refractivity contribution in [2.75, 3.05) is 19.8 Å². The Morgan fingerprint density at radius 1 is 1.30 bits per heavy atom. The summed E-state index contributed by atoms with van der Waals surface area (Å²) in [5, 5.41) is 21.7. The van der Waals surface area contributed by atoms with Gasteiger partial charge in [0, 0.05) is 22.5 Å². The van der Waals surface area contributed by atoms with Crippen molar-refractivity contribution in [2.45, 2.75) is 26.2 Å². The van der Waals surface area contributed by atoms with Crippen LogP contribution in [0.25, 0.3) is 0 Å². The number of ether oxygens (including phenoxy) is 1. The summed E-state index contributed by atoms with van der Waals surface area (Å²) >= 11 is 9.94. The van der Waals surface area contributed by atoms with Crippen LogP contribution < -0.4 is 10.1 Å². The number of hydrogen-bond donors (Lipinski definition) is 3. The number of carbonyl (C=O) groups excluding carboxylic acids is 1. The molecule has 0 saturated carbocycles. The van der Waals surface area contributed by atoms with E-state index in [2.05, 4.69) is 21.2 Å². The Morgan fingerprint density at radius 2 is 2.04 bits per heavy atom. The third kappa shape index (κ3) is 6.13. The highest BCUT2D eigenvalue weighted by Crippen LogP contribution is 2.34. The Morgan fingerprint density at radius 3 is 2.67 bits per heavy atom. The third-order valence-corrected chi connectivity index (χ3v) is 5.06. The Bertz CT molecular complexity index is 788. The SMILES string of the molecule is CC(C)c1cc(Cc2c(Cl)cc(OCC(=O)NCCO)cc2Br)ccc1O. The molecule has 0 bridgehead atoms. The van der Waals surface area contributed by atoms with Crippen LogP contribution in [0.1, 0.15) is 36.5 Å². The van der Waals surface area contributed by atoms with E-state index in [4.69, 9.17) is 21.4 Å². The lowest BCUT2D eigenvalue weighted by Gasteiger charge is -2.14. The van der Waals surface area contributed by atoms with Gasteiger partial charge in [-0.3, -0.25) is 4.79 Å². The maximum atomic E-state index is 11.6. The average Bonchev–Trinajstić information content (AvgIpc) is 2.62. The van der Waals surface area contributed by atoms with Crippen molar-refractivity contribution in [1.29, 1.82) is 0 Å². The van der Waals surface area contributed by atoms with Gasteiger partial charge in [0.05, 0.1) is 6.61 Å². The molecule has 3 N–H and O–H groups in total. The lowest BCUT2D eigenvalue weighted by atomic mass is 9.96. The molecule has 0 spiro atoms. The van der Waals surface area contributed by atoms with Crippen LogP contribution in [0.4, 0.5) is 0 Å². The number of halogens is 2. The molecule has 1 amide bonds. The fraction of sp³-hybridized carbons (Fsp3) is 0.350. The van der Waals surface area contributed by atoms with Gasteiger partial charge in [0.25, 0.3) is 5.91 Å². The number of phenols is 1. The predicted molar refractivity (Wildman–Crippen MR) is 110 cm³/mol. The molecule has 0 fully saturated rings. The molecule has 0 aliphatic heterocycles. The van der Waals surface area contributed by atoms with E-state index in [-0.39, 0.29) is 31.6 Å². The number of aliphatic hydroxyl groups excluding tert-OH is 1. The standard InChI is InChI=1S/C20H23BrClNO4/c1-12(2)15-7-13(3-4-19(15)25)8-16-17(21)9-14(10-18(16)22)27-11-20(26)23-5-6-24/h3-4,7,9-10,12,24-25H,5-6,8,11H2,1-2H3,(H,23,26). The van der Waals surface area contributed by atoms with Crippen molar-refractivity contribution in [3.8, 4) is 11.5 Å². The van der Waals surface area contributed by atoms with Gasteiger partial charge in [-0.05, 0) is 40.8 Å². The molecule has 0 aliphatic rings. The summed E-state index contributed by atoms with van der Waals surface area (Å²) < 4.78 is 6.23. The largest absolute Gasteiger partial charge is 0.508 e. The van der Waals surface area contributed by atoms with Gasteiger partial charge in [-0.25, -0.2) is 0 Å². The lowest BCUT2D eigenvalue weighted by Crippen LogP contribution is -2.31. The van der Waals surface area contributed by atoms with Gasteiger partial charge < -0.3 is 20.3 Å². The molecule has 0 saturated heterocycles. The van der Waals surface area contributed by atoms with E-state index in [1.165, 1.54) is 0 Å². The van der Waals surface area contributed by atoms with E-state index in [0.717, 1.165) is 21.2 Å². The minimum atomic E-state index is -0.314. The van der Waals surface area contributed by atoms with Gasteiger partial charge in [0.15, 0.2) is 6.61 Å². The molecule has 0 aromatic heterocycles. The summed E-state index contributed by atoms with van der Waals surface area (Å²) in [6.45, 7) is 3.98. The number of aliphatic hydroxyl groups is 1. The smallest absolute Gasteiger partial charge is 0.258 e. The van der Waals surface area contributed by atoms with E-state index in [9.17, 15) is 9.90 Å². The molecule has 0 atom stereocenters. The third-order valence-electron chi connectivity index (χ3n) is 4.01. The van der Waals surface area contributed by atoms with E-state index in [1.807, 2.05) is 26.0 Å².